The van der Waals surface area contributed by atoms with Crippen LogP contribution in [0.5, 0.6) is 0 Å². The fourth-order valence-electron chi connectivity index (χ4n) is 4.28. The van der Waals surface area contributed by atoms with E-state index < -0.39 is 11.7 Å². The lowest BCUT2D eigenvalue weighted by Gasteiger charge is -2.26. The van der Waals surface area contributed by atoms with Crippen molar-refractivity contribution in [3.63, 3.8) is 0 Å². The molecule has 0 spiro atoms. The number of amides is 2. The number of likely N-dealkylation sites (tertiary alicyclic amines) is 1. The van der Waals surface area contributed by atoms with Crippen molar-refractivity contribution in [2.75, 3.05) is 32.7 Å². The molecule has 1 aliphatic heterocycles. The predicted octanol–water partition coefficient (Wildman–Crippen LogP) is 2.29. The quantitative estimate of drug-likeness (QED) is 0.351. The molecule has 0 aromatic heterocycles. The predicted molar refractivity (Wildman–Crippen MR) is 119 cm³/mol. The van der Waals surface area contributed by atoms with Crippen LogP contribution in [0.3, 0.4) is 0 Å². The summed E-state index contributed by atoms with van der Waals surface area (Å²) < 4.78 is 13.7. The van der Waals surface area contributed by atoms with Crippen LogP contribution in [0.2, 0.25) is 0 Å². The summed E-state index contributed by atoms with van der Waals surface area (Å²) >= 11 is 0. The van der Waals surface area contributed by atoms with Crippen LogP contribution in [-0.2, 0) is 4.79 Å². The number of aliphatic imine (C=N–C) groups is 1. The maximum absolute atomic E-state index is 13.7. The van der Waals surface area contributed by atoms with Crippen LogP contribution in [0, 0.1) is 11.7 Å². The highest BCUT2D eigenvalue weighted by Gasteiger charge is 2.31. The summed E-state index contributed by atoms with van der Waals surface area (Å²) in [6.45, 7) is 4.86. The highest BCUT2D eigenvalue weighted by molar-refractivity contribution is 5.94. The SMILES string of the molecule is CCNC(=NCCNC(=O)c1ccccc1F)NC1CCN(C(=O)C2CCCCC2)C1. The van der Waals surface area contributed by atoms with E-state index in [2.05, 4.69) is 20.9 Å². The molecule has 1 heterocycles. The number of hydrogen-bond donors (Lipinski definition) is 3. The van der Waals surface area contributed by atoms with Crippen LogP contribution >= 0.6 is 0 Å². The van der Waals surface area contributed by atoms with Crippen molar-refractivity contribution in [3.8, 4) is 0 Å². The molecule has 1 saturated heterocycles. The minimum absolute atomic E-state index is 0.0326. The Morgan fingerprint density at radius 2 is 1.90 bits per heavy atom. The van der Waals surface area contributed by atoms with Gasteiger partial charge in [-0.05, 0) is 38.3 Å². The van der Waals surface area contributed by atoms with Gasteiger partial charge in [-0.1, -0.05) is 31.4 Å². The minimum Gasteiger partial charge on any atom is -0.357 e. The molecule has 0 bridgehead atoms. The number of carbonyl (C=O) groups is 2. The fourth-order valence-corrected chi connectivity index (χ4v) is 4.28. The van der Waals surface area contributed by atoms with Crippen molar-refractivity contribution in [3.05, 3.63) is 35.6 Å². The smallest absolute Gasteiger partial charge is 0.254 e. The van der Waals surface area contributed by atoms with Crippen LogP contribution < -0.4 is 16.0 Å². The molecule has 8 heteroatoms. The third-order valence-electron chi connectivity index (χ3n) is 5.93. The number of halogens is 1. The van der Waals surface area contributed by atoms with Gasteiger partial charge in [0.15, 0.2) is 5.96 Å². The first kappa shape index (κ1) is 23.0. The van der Waals surface area contributed by atoms with Crippen molar-refractivity contribution >= 4 is 17.8 Å². The summed E-state index contributed by atoms with van der Waals surface area (Å²) in [4.78, 5) is 31.3. The molecule has 3 rings (SSSR count). The fraction of sp³-hybridized carbons (Fsp3) is 0.609. The molecular formula is C23H34FN5O2. The summed E-state index contributed by atoms with van der Waals surface area (Å²) in [5, 5.41) is 9.31. The molecule has 1 atom stereocenters. The van der Waals surface area contributed by atoms with Crippen molar-refractivity contribution in [2.45, 2.75) is 51.5 Å². The van der Waals surface area contributed by atoms with E-state index in [1.165, 1.54) is 18.6 Å². The van der Waals surface area contributed by atoms with Gasteiger partial charge in [-0.2, -0.15) is 0 Å². The summed E-state index contributed by atoms with van der Waals surface area (Å²) in [5.74, 6) is 0.194. The van der Waals surface area contributed by atoms with Gasteiger partial charge in [0, 0.05) is 38.1 Å². The van der Waals surface area contributed by atoms with E-state index in [-0.39, 0.29) is 17.5 Å². The topological polar surface area (TPSA) is 85.8 Å². The average Bonchev–Trinajstić information content (AvgIpc) is 3.25. The summed E-state index contributed by atoms with van der Waals surface area (Å²) in [6.07, 6.45) is 6.52. The van der Waals surface area contributed by atoms with E-state index in [1.54, 1.807) is 12.1 Å². The van der Waals surface area contributed by atoms with E-state index in [4.69, 9.17) is 0 Å². The van der Waals surface area contributed by atoms with E-state index in [0.29, 0.717) is 38.0 Å². The largest absolute Gasteiger partial charge is 0.357 e. The van der Waals surface area contributed by atoms with E-state index in [0.717, 1.165) is 38.6 Å². The van der Waals surface area contributed by atoms with Crippen molar-refractivity contribution < 1.29 is 14.0 Å². The Morgan fingerprint density at radius 3 is 2.65 bits per heavy atom. The van der Waals surface area contributed by atoms with Crippen LogP contribution in [-0.4, -0.2) is 61.4 Å². The van der Waals surface area contributed by atoms with E-state index in [1.807, 2.05) is 11.8 Å². The Hall–Kier alpha value is -2.64. The van der Waals surface area contributed by atoms with Crippen molar-refractivity contribution in [2.24, 2.45) is 10.9 Å². The lowest BCUT2D eigenvalue weighted by molar-refractivity contribution is -0.135. The Morgan fingerprint density at radius 1 is 1.13 bits per heavy atom. The van der Waals surface area contributed by atoms with Gasteiger partial charge in [-0.3, -0.25) is 14.6 Å². The van der Waals surface area contributed by atoms with Gasteiger partial charge in [0.05, 0.1) is 12.1 Å². The van der Waals surface area contributed by atoms with E-state index in [9.17, 15) is 14.0 Å². The summed E-state index contributed by atoms with van der Waals surface area (Å²) in [5.41, 5.74) is 0.0326. The van der Waals surface area contributed by atoms with Gasteiger partial charge < -0.3 is 20.9 Å². The molecule has 1 aromatic carbocycles. The third-order valence-corrected chi connectivity index (χ3v) is 5.93. The van der Waals surface area contributed by atoms with Crippen molar-refractivity contribution in [1.29, 1.82) is 0 Å². The lowest BCUT2D eigenvalue weighted by Crippen LogP contribution is -2.46. The second kappa shape index (κ2) is 11.7. The number of benzene rings is 1. The van der Waals surface area contributed by atoms with Crippen LogP contribution in [0.25, 0.3) is 0 Å². The lowest BCUT2D eigenvalue weighted by atomic mass is 9.88. The molecule has 1 aliphatic carbocycles. The Kier molecular flexibility index (Phi) is 8.67. The molecular weight excluding hydrogens is 397 g/mol. The first-order valence-corrected chi connectivity index (χ1v) is 11.4. The Labute approximate surface area is 183 Å². The zero-order valence-corrected chi connectivity index (χ0v) is 18.3. The number of carbonyl (C=O) groups excluding carboxylic acids is 2. The first-order chi connectivity index (χ1) is 15.1. The number of hydrogen-bond acceptors (Lipinski definition) is 3. The van der Waals surface area contributed by atoms with Gasteiger partial charge in [0.1, 0.15) is 5.82 Å². The van der Waals surface area contributed by atoms with Gasteiger partial charge in [-0.25, -0.2) is 4.39 Å². The average molecular weight is 432 g/mol. The van der Waals surface area contributed by atoms with Crippen LogP contribution in [0.4, 0.5) is 4.39 Å². The van der Waals surface area contributed by atoms with E-state index >= 15 is 0 Å². The normalized spacial score (nSPS) is 19.9. The highest BCUT2D eigenvalue weighted by atomic mass is 19.1. The van der Waals surface area contributed by atoms with Gasteiger partial charge >= 0.3 is 0 Å². The van der Waals surface area contributed by atoms with Gasteiger partial charge in [-0.15, -0.1) is 0 Å². The Bertz CT molecular complexity index is 779. The molecule has 31 heavy (non-hydrogen) atoms. The maximum atomic E-state index is 13.7. The number of rotatable bonds is 7. The van der Waals surface area contributed by atoms with Crippen LogP contribution in [0.15, 0.2) is 29.3 Å². The van der Waals surface area contributed by atoms with Crippen molar-refractivity contribution in [1.82, 2.24) is 20.9 Å². The molecule has 170 valence electrons. The van der Waals surface area contributed by atoms with Gasteiger partial charge in [0.25, 0.3) is 5.91 Å². The molecule has 1 saturated carbocycles. The molecule has 1 aromatic rings. The number of guanidine groups is 1. The monoisotopic (exact) mass is 431 g/mol. The molecule has 7 nitrogen and oxygen atoms in total. The molecule has 2 amide bonds. The molecule has 1 unspecified atom stereocenters. The second-order valence-electron chi connectivity index (χ2n) is 8.25. The highest BCUT2D eigenvalue weighted by Crippen LogP contribution is 2.26. The summed E-state index contributed by atoms with van der Waals surface area (Å²) in [7, 11) is 0. The summed E-state index contributed by atoms with van der Waals surface area (Å²) in [6, 6.07) is 6.08. The molecule has 3 N–H and O–H groups in total. The number of nitrogens with zero attached hydrogens (tertiary/aromatic N) is 2. The minimum atomic E-state index is -0.535. The molecule has 2 fully saturated rings. The zero-order valence-electron chi connectivity index (χ0n) is 18.3. The Balaban J connectivity index is 1.44. The number of nitrogens with one attached hydrogen (secondary N) is 3. The standard InChI is InChI=1S/C23H34FN5O2/c1-2-25-23(27-14-13-26-21(30)19-10-6-7-11-20(19)24)28-18-12-15-29(16-18)22(31)17-8-4-3-5-9-17/h6-7,10-11,17-18H,2-5,8-9,12-16H2,1H3,(H,26,30)(H2,25,27,28). The van der Waals surface area contributed by atoms with Crippen LogP contribution in [0.1, 0.15) is 55.8 Å². The van der Waals surface area contributed by atoms with Gasteiger partial charge in [0.2, 0.25) is 5.91 Å². The second-order valence-corrected chi connectivity index (χ2v) is 8.25. The zero-order chi connectivity index (χ0) is 22.1. The molecule has 2 aliphatic rings. The first-order valence-electron chi connectivity index (χ1n) is 11.4. The maximum Gasteiger partial charge on any atom is 0.254 e. The molecule has 0 radical (unpaired) electrons. The third kappa shape index (κ3) is 6.67.